The maximum Gasteiger partial charge on any atom is 0.307 e. The van der Waals surface area contributed by atoms with Crippen LogP contribution in [0.25, 0.3) is 0 Å². The molecule has 0 spiro atoms. The molecule has 0 N–H and O–H groups in total. The zero-order chi connectivity index (χ0) is 15.7. The van der Waals surface area contributed by atoms with Crippen LogP contribution in [0.15, 0.2) is 30.7 Å². The van der Waals surface area contributed by atoms with E-state index in [-0.39, 0.29) is 12.1 Å². The second-order valence-corrected chi connectivity index (χ2v) is 4.93. The van der Waals surface area contributed by atoms with Gasteiger partial charge in [-0.1, -0.05) is 18.5 Å². The first kappa shape index (κ1) is 14.4. The molecule has 0 unspecified atom stereocenters. The highest BCUT2D eigenvalue weighted by atomic mass is 35.5. The van der Waals surface area contributed by atoms with Crippen LogP contribution in [-0.2, 0) is 9.53 Å². The number of anilines is 1. The van der Waals surface area contributed by atoms with Gasteiger partial charge >= 0.3 is 5.97 Å². The van der Waals surface area contributed by atoms with Crippen LogP contribution in [0.1, 0.15) is 35.8 Å². The van der Waals surface area contributed by atoms with Gasteiger partial charge < -0.3 is 4.74 Å². The van der Waals surface area contributed by atoms with Crippen molar-refractivity contribution in [2.45, 2.75) is 19.6 Å². The smallest absolute Gasteiger partial charge is 0.307 e. The molecule has 112 valence electrons. The minimum absolute atomic E-state index is 0.146. The van der Waals surface area contributed by atoms with Crippen LogP contribution < -0.4 is 4.90 Å². The molecule has 0 fully saturated rings. The molecule has 8 heteroatoms. The predicted octanol–water partition coefficient (Wildman–Crippen LogP) is 2.14. The Morgan fingerprint density at radius 2 is 2.09 bits per heavy atom. The molecule has 0 saturated carbocycles. The maximum absolute atomic E-state index is 12.5. The summed E-state index contributed by atoms with van der Waals surface area (Å²) in [6.45, 7) is 1.67. The van der Waals surface area contributed by atoms with E-state index in [2.05, 4.69) is 15.0 Å². The monoisotopic (exact) mass is 318 g/mol. The molecule has 0 aliphatic carbocycles. The summed E-state index contributed by atoms with van der Waals surface area (Å²) in [7, 11) is 0. The van der Waals surface area contributed by atoms with Gasteiger partial charge in [0.1, 0.15) is 11.5 Å². The Hall–Kier alpha value is -2.54. The summed E-state index contributed by atoms with van der Waals surface area (Å²) in [5.41, 5.74) is 0.444. The van der Waals surface area contributed by atoms with Crippen LogP contribution in [0.4, 0.5) is 5.82 Å². The second-order valence-electron chi connectivity index (χ2n) is 4.50. The fraction of sp³-hybridized carbons (Fsp3) is 0.214. The highest BCUT2D eigenvalue weighted by molar-refractivity contribution is 6.30. The zero-order valence-corrected chi connectivity index (χ0v) is 12.3. The Kier molecular flexibility index (Phi) is 3.72. The number of pyridine rings is 1. The third kappa shape index (κ3) is 2.39. The van der Waals surface area contributed by atoms with Crippen LogP contribution in [0.2, 0.25) is 5.02 Å². The highest BCUT2D eigenvalue weighted by Crippen LogP contribution is 2.35. The number of rotatable bonds is 3. The third-order valence-electron chi connectivity index (χ3n) is 3.11. The standard InChI is InChI=1S/C14H11ClN4O3/c1-2-10(20)22-14-12-11(16-5-6-17-12)13(21)19(14)9-4-3-8(15)7-18-9/h3-7,14H,2H2,1H3/t14-/m1/s1. The molecule has 3 heterocycles. The molecule has 22 heavy (non-hydrogen) atoms. The van der Waals surface area contributed by atoms with Gasteiger partial charge in [0, 0.05) is 25.0 Å². The van der Waals surface area contributed by atoms with E-state index in [1.165, 1.54) is 23.5 Å². The van der Waals surface area contributed by atoms with E-state index >= 15 is 0 Å². The van der Waals surface area contributed by atoms with Crippen molar-refractivity contribution in [3.05, 3.63) is 47.1 Å². The fourth-order valence-electron chi connectivity index (χ4n) is 2.09. The van der Waals surface area contributed by atoms with Crippen LogP contribution in [0.3, 0.4) is 0 Å². The van der Waals surface area contributed by atoms with Crippen molar-refractivity contribution in [2.24, 2.45) is 0 Å². The van der Waals surface area contributed by atoms with Crippen molar-refractivity contribution in [3.8, 4) is 0 Å². The molecule has 0 radical (unpaired) electrons. The minimum atomic E-state index is -0.975. The lowest BCUT2D eigenvalue weighted by molar-refractivity contribution is -0.148. The van der Waals surface area contributed by atoms with Gasteiger partial charge in [0.15, 0.2) is 5.69 Å². The lowest BCUT2D eigenvalue weighted by atomic mass is 10.3. The molecule has 1 aliphatic rings. The second kappa shape index (κ2) is 5.69. The van der Waals surface area contributed by atoms with Crippen LogP contribution in [0, 0.1) is 0 Å². The van der Waals surface area contributed by atoms with Gasteiger partial charge in [-0.15, -0.1) is 0 Å². The Morgan fingerprint density at radius 1 is 1.32 bits per heavy atom. The van der Waals surface area contributed by atoms with Gasteiger partial charge in [0.2, 0.25) is 6.23 Å². The number of hydrogen-bond donors (Lipinski definition) is 0. The average molecular weight is 319 g/mol. The molecule has 7 nitrogen and oxygen atoms in total. The molecule has 0 saturated heterocycles. The number of amides is 1. The molecule has 0 aromatic carbocycles. The van der Waals surface area contributed by atoms with Crippen molar-refractivity contribution in [1.29, 1.82) is 0 Å². The third-order valence-corrected chi connectivity index (χ3v) is 3.33. The van der Waals surface area contributed by atoms with Crippen molar-refractivity contribution in [2.75, 3.05) is 4.90 Å². The molecule has 2 aromatic rings. The number of hydrogen-bond acceptors (Lipinski definition) is 6. The number of ether oxygens (including phenoxy) is 1. The van der Waals surface area contributed by atoms with E-state index in [9.17, 15) is 9.59 Å². The molecule has 1 atom stereocenters. The van der Waals surface area contributed by atoms with E-state index in [0.717, 1.165) is 0 Å². The lowest BCUT2D eigenvalue weighted by Gasteiger charge is -2.23. The van der Waals surface area contributed by atoms with Gasteiger partial charge in [0.05, 0.1) is 5.02 Å². The zero-order valence-electron chi connectivity index (χ0n) is 11.6. The number of carbonyl (C=O) groups is 2. The Bertz CT molecular complexity index is 735. The van der Waals surface area contributed by atoms with Gasteiger partial charge in [-0.05, 0) is 12.1 Å². The van der Waals surface area contributed by atoms with Gasteiger partial charge in [-0.25, -0.2) is 14.9 Å². The summed E-state index contributed by atoms with van der Waals surface area (Å²) >= 11 is 5.81. The average Bonchev–Trinajstić information content (AvgIpc) is 2.81. The first-order valence-electron chi connectivity index (χ1n) is 6.57. The molecule has 0 bridgehead atoms. The van der Waals surface area contributed by atoms with Gasteiger partial charge in [-0.3, -0.25) is 14.6 Å². The van der Waals surface area contributed by atoms with E-state index in [0.29, 0.717) is 16.5 Å². The number of carbonyl (C=O) groups excluding carboxylic acids is 2. The SMILES string of the molecule is CCC(=O)O[C@@H]1c2nccnc2C(=O)N1c1ccc(Cl)cn1. The summed E-state index contributed by atoms with van der Waals surface area (Å²) in [4.78, 5) is 37.7. The van der Waals surface area contributed by atoms with Crippen LogP contribution >= 0.6 is 11.6 Å². The Labute approximate surface area is 130 Å². The van der Waals surface area contributed by atoms with Gasteiger partial charge in [-0.2, -0.15) is 0 Å². The summed E-state index contributed by atoms with van der Waals surface area (Å²) in [5.74, 6) is -0.565. The number of nitrogens with zero attached hydrogens (tertiary/aromatic N) is 4. The minimum Gasteiger partial charge on any atom is -0.435 e. The summed E-state index contributed by atoms with van der Waals surface area (Å²) in [5, 5.41) is 0.436. The van der Waals surface area contributed by atoms with E-state index in [4.69, 9.17) is 16.3 Å². The predicted molar refractivity (Wildman–Crippen MR) is 77.2 cm³/mol. The molecular weight excluding hydrogens is 308 g/mol. The Balaban J connectivity index is 2.05. The molecular formula is C14H11ClN4O3. The van der Waals surface area contributed by atoms with E-state index in [1.807, 2.05) is 0 Å². The molecule has 1 aliphatic heterocycles. The summed E-state index contributed by atoms with van der Waals surface area (Å²) in [6.07, 6.45) is 3.47. The number of fused-ring (bicyclic) bond motifs is 1. The lowest BCUT2D eigenvalue weighted by Crippen LogP contribution is -2.31. The van der Waals surface area contributed by atoms with Crippen molar-refractivity contribution >= 4 is 29.3 Å². The van der Waals surface area contributed by atoms with E-state index < -0.39 is 18.1 Å². The molecule has 1 amide bonds. The number of halogens is 1. The normalized spacial score (nSPS) is 16.5. The van der Waals surface area contributed by atoms with Crippen molar-refractivity contribution < 1.29 is 14.3 Å². The van der Waals surface area contributed by atoms with Crippen LogP contribution in [0.5, 0.6) is 0 Å². The van der Waals surface area contributed by atoms with Crippen molar-refractivity contribution in [1.82, 2.24) is 15.0 Å². The number of esters is 1. The topological polar surface area (TPSA) is 85.3 Å². The van der Waals surface area contributed by atoms with Crippen molar-refractivity contribution in [3.63, 3.8) is 0 Å². The largest absolute Gasteiger partial charge is 0.435 e. The van der Waals surface area contributed by atoms with Gasteiger partial charge in [0.25, 0.3) is 5.91 Å². The fourth-order valence-corrected chi connectivity index (χ4v) is 2.20. The van der Waals surface area contributed by atoms with Crippen LogP contribution in [-0.4, -0.2) is 26.8 Å². The Morgan fingerprint density at radius 3 is 2.77 bits per heavy atom. The first-order valence-corrected chi connectivity index (χ1v) is 6.95. The highest BCUT2D eigenvalue weighted by Gasteiger charge is 2.43. The summed E-state index contributed by atoms with van der Waals surface area (Å²) in [6, 6.07) is 3.17. The first-order chi connectivity index (χ1) is 10.6. The molecule has 3 rings (SSSR count). The van der Waals surface area contributed by atoms with E-state index in [1.54, 1.807) is 19.1 Å². The maximum atomic E-state index is 12.5. The summed E-state index contributed by atoms with van der Waals surface area (Å²) < 4.78 is 5.35. The number of aromatic nitrogens is 3. The molecule has 2 aromatic heterocycles. The quantitative estimate of drug-likeness (QED) is 0.806.